The molecule has 1 amide bonds. The van der Waals surface area contributed by atoms with Gasteiger partial charge < -0.3 is 14.8 Å². The Morgan fingerprint density at radius 2 is 1.85 bits per heavy atom. The molecule has 0 aliphatic rings. The summed E-state index contributed by atoms with van der Waals surface area (Å²) in [6.45, 7) is 10.7. The third kappa shape index (κ3) is 5.20. The Morgan fingerprint density at radius 3 is 2.65 bits per heavy atom. The van der Waals surface area contributed by atoms with Crippen LogP contribution in [0.15, 0.2) is 59.5 Å². The number of amides is 1. The van der Waals surface area contributed by atoms with Crippen molar-refractivity contribution in [3.8, 4) is 0 Å². The molecule has 4 rings (SSSR count). The summed E-state index contributed by atoms with van der Waals surface area (Å²) in [5.41, 5.74) is 2.61. The van der Waals surface area contributed by atoms with E-state index >= 15 is 0 Å². The maximum Gasteiger partial charge on any atom is 0.261 e. The van der Waals surface area contributed by atoms with Crippen LogP contribution in [0.1, 0.15) is 32.5 Å². The van der Waals surface area contributed by atoms with E-state index in [1.54, 1.807) is 10.6 Å². The third-order valence-electron chi connectivity index (χ3n) is 6.44. The maximum atomic E-state index is 12.8. The Balaban J connectivity index is 1.35. The summed E-state index contributed by atoms with van der Waals surface area (Å²) in [5, 5.41) is 4.72. The van der Waals surface area contributed by atoms with E-state index in [0.29, 0.717) is 36.1 Å². The van der Waals surface area contributed by atoms with Crippen molar-refractivity contribution in [1.29, 1.82) is 0 Å². The van der Waals surface area contributed by atoms with Gasteiger partial charge in [-0.05, 0) is 62.8 Å². The van der Waals surface area contributed by atoms with Crippen molar-refractivity contribution >= 4 is 33.4 Å². The van der Waals surface area contributed by atoms with Crippen LogP contribution in [-0.4, -0.2) is 44.6 Å². The second-order valence-electron chi connectivity index (χ2n) is 8.59. The van der Waals surface area contributed by atoms with Gasteiger partial charge in [0, 0.05) is 48.8 Å². The third-order valence-corrected chi connectivity index (χ3v) is 6.44. The topological polar surface area (TPSA) is 72.2 Å². The summed E-state index contributed by atoms with van der Waals surface area (Å²) in [7, 11) is 0. The first-order chi connectivity index (χ1) is 16.5. The van der Waals surface area contributed by atoms with Crippen molar-refractivity contribution in [2.45, 2.75) is 46.7 Å². The molecule has 34 heavy (non-hydrogen) atoms. The second-order valence-corrected chi connectivity index (χ2v) is 8.59. The van der Waals surface area contributed by atoms with Gasteiger partial charge in [-0.1, -0.05) is 26.0 Å². The highest BCUT2D eigenvalue weighted by molar-refractivity contribution is 5.93. The summed E-state index contributed by atoms with van der Waals surface area (Å²) in [4.78, 5) is 32.3. The van der Waals surface area contributed by atoms with E-state index in [4.69, 9.17) is 0 Å². The lowest BCUT2D eigenvalue weighted by Crippen LogP contribution is -2.26. The molecule has 0 spiro atoms. The summed E-state index contributed by atoms with van der Waals surface area (Å²) < 4.78 is 3.92. The van der Waals surface area contributed by atoms with Crippen molar-refractivity contribution in [2.75, 3.05) is 25.0 Å². The highest BCUT2D eigenvalue weighted by Crippen LogP contribution is 2.21. The van der Waals surface area contributed by atoms with Gasteiger partial charge in [-0.2, -0.15) is 0 Å². The smallest absolute Gasteiger partial charge is 0.261 e. The maximum absolute atomic E-state index is 12.8. The Hall–Kier alpha value is -3.45. The van der Waals surface area contributed by atoms with E-state index in [2.05, 4.69) is 51.9 Å². The summed E-state index contributed by atoms with van der Waals surface area (Å²) in [5.74, 6) is 0.611. The average Bonchev–Trinajstić information content (AvgIpc) is 3.24. The first kappa shape index (κ1) is 23.7. The van der Waals surface area contributed by atoms with Crippen LogP contribution >= 0.6 is 0 Å². The van der Waals surface area contributed by atoms with Crippen molar-refractivity contribution in [3.63, 3.8) is 0 Å². The molecule has 0 saturated heterocycles. The lowest BCUT2D eigenvalue weighted by molar-refractivity contribution is -0.116. The molecule has 2 heterocycles. The van der Waals surface area contributed by atoms with Crippen molar-refractivity contribution < 1.29 is 4.79 Å². The summed E-state index contributed by atoms with van der Waals surface area (Å²) in [6, 6.07) is 15.5. The molecule has 2 aromatic heterocycles. The van der Waals surface area contributed by atoms with Gasteiger partial charge in [0.1, 0.15) is 5.82 Å². The molecule has 0 unspecified atom stereocenters. The molecule has 1 N–H and O–H groups in total. The molecule has 0 radical (unpaired) electrons. The standard InChI is InChI=1S/C27H33N5O2/c1-4-30(5-2)17-18-31-16-14-21-19-22(12-13-25(21)31)29-26(33)11-8-15-32-20(3)28-24-10-7-6-9-23(24)27(32)34/h6-7,9-10,12-14,16,19H,4-5,8,11,15,17-18H2,1-3H3,(H,29,33). The van der Waals surface area contributed by atoms with Crippen LogP contribution in [0.4, 0.5) is 5.69 Å². The fourth-order valence-electron chi connectivity index (χ4n) is 4.43. The van der Waals surface area contributed by atoms with E-state index in [-0.39, 0.29) is 11.5 Å². The molecule has 0 atom stereocenters. The molecular weight excluding hydrogens is 426 g/mol. The number of carbonyl (C=O) groups excluding carboxylic acids is 1. The fourth-order valence-corrected chi connectivity index (χ4v) is 4.43. The van der Waals surface area contributed by atoms with Crippen LogP contribution in [0.3, 0.4) is 0 Å². The number of anilines is 1. The number of para-hydroxylation sites is 1. The number of hydrogen-bond donors (Lipinski definition) is 1. The van der Waals surface area contributed by atoms with Gasteiger partial charge in [0.15, 0.2) is 0 Å². The number of aromatic nitrogens is 3. The van der Waals surface area contributed by atoms with Crippen molar-refractivity contribution in [2.24, 2.45) is 0 Å². The van der Waals surface area contributed by atoms with E-state index in [0.717, 1.165) is 37.3 Å². The Labute approximate surface area is 200 Å². The number of carbonyl (C=O) groups is 1. The zero-order valence-electron chi connectivity index (χ0n) is 20.3. The number of nitrogens with one attached hydrogen (secondary N) is 1. The number of nitrogens with zero attached hydrogens (tertiary/aromatic N) is 4. The van der Waals surface area contributed by atoms with Gasteiger partial charge in [0.2, 0.25) is 5.91 Å². The number of aryl methyl sites for hydroxylation is 1. The van der Waals surface area contributed by atoms with E-state index < -0.39 is 0 Å². The quantitative estimate of drug-likeness (QED) is 0.381. The SMILES string of the molecule is CCN(CC)CCn1ccc2cc(NC(=O)CCCn3c(C)nc4ccccc4c3=O)ccc21. The van der Waals surface area contributed by atoms with E-state index in [1.807, 2.05) is 37.3 Å². The molecule has 0 saturated carbocycles. The molecule has 0 aliphatic carbocycles. The summed E-state index contributed by atoms with van der Waals surface area (Å²) >= 11 is 0. The predicted molar refractivity (Wildman–Crippen MR) is 138 cm³/mol. The lowest BCUT2D eigenvalue weighted by atomic mass is 10.2. The van der Waals surface area contributed by atoms with E-state index in [1.165, 1.54) is 5.52 Å². The first-order valence-corrected chi connectivity index (χ1v) is 12.1. The Kier molecular flexibility index (Phi) is 7.43. The monoisotopic (exact) mass is 459 g/mol. The number of benzene rings is 2. The Morgan fingerprint density at radius 1 is 1.06 bits per heavy atom. The molecule has 0 bridgehead atoms. The molecule has 7 heteroatoms. The predicted octanol–water partition coefficient (Wildman–Crippen LogP) is 4.42. The minimum Gasteiger partial charge on any atom is -0.346 e. The van der Waals surface area contributed by atoms with E-state index in [9.17, 15) is 9.59 Å². The van der Waals surface area contributed by atoms with Crippen LogP contribution in [-0.2, 0) is 17.9 Å². The molecule has 4 aromatic rings. The van der Waals surface area contributed by atoms with Crippen LogP contribution < -0.4 is 10.9 Å². The molecule has 178 valence electrons. The normalized spacial score (nSPS) is 11.5. The van der Waals surface area contributed by atoms with Crippen LogP contribution in [0, 0.1) is 6.92 Å². The fraction of sp³-hybridized carbons (Fsp3) is 0.370. The Bertz CT molecular complexity index is 1350. The second kappa shape index (κ2) is 10.7. The minimum absolute atomic E-state index is 0.0558. The number of likely N-dealkylation sites (N-methyl/N-ethyl adjacent to an activating group) is 1. The van der Waals surface area contributed by atoms with Gasteiger partial charge in [-0.15, -0.1) is 0 Å². The van der Waals surface area contributed by atoms with Crippen molar-refractivity contribution in [1.82, 2.24) is 19.0 Å². The molecular formula is C27H33N5O2. The van der Waals surface area contributed by atoms with Crippen LogP contribution in [0.2, 0.25) is 0 Å². The van der Waals surface area contributed by atoms with Crippen LogP contribution in [0.25, 0.3) is 21.8 Å². The lowest BCUT2D eigenvalue weighted by Gasteiger charge is -2.18. The highest BCUT2D eigenvalue weighted by atomic mass is 16.1. The highest BCUT2D eigenvalue weighted by Gasteiger charge is 2.10. The van der Waals surface area contributed by atoms with Gasteiger partial charge in [-0.3, -0.25) is 14.2 Å². The molecule has 0 fully saturated rings. The van der Waals surface area contributed by atoms with Gasteiger partial charge in [-0.25, -0.2) is 4.98 Å². The first-order valence-electron chi connectivity index (χ1n) is 12.1. The minimum atomic E-state index is -0.0561. The average molecular weight is 460 g/mol. The van der Waals surface area contributed by atoms with Gasteiger partial charge in [0.25, 0.3) is 5.56 Å². The number of hydrogen-bond acceptors (Lipinski definition) is 4. The van der Waals surface area contributed by atoms with Crippen molar-refractivity contribution in [3.05, 3.63) is 70.9 Å². The van der Waals surface area contributed by atoms with Crippen LogP contribution in [0.5, 0.6) is 0 Å². The molecule has 0 aliphatic heterocycles. The number of fused-ring (bicyclic) bond motifs is 2. The van der Waals surface area contributed by atoms with Gasteiger partial charge in [0.05, 0.1) is 10.9 Å². The zero-order chi connectivity index (χ0) is 24.1. The summed E-state index contributed by atoms with van der Waals surface area (Å²) in [6.07, 6.45) is 3.01. The largest absolute Gasteiger partial charge is 0.346 e. The van der Waals surface area contributed by atoms with Gasteiger partial charge >= 0.3 is 0 Å². The number of rotatable bonds is 10. The zero-order valence-corrected chi connectivity index (χ0v) is 20.3. The molecule has 7 nitrogen and oxygen atoms in total. The molecule has 2 aromatic carbocycles.